The summed E-state index contributed by atoms with van der Waals surface area (Å²) in [5, 5.41) is 6.05. The third-order valence-electron chi connectivity index (χ3n) is 7.79. The van der Waals surface area contributed by atoms with Gasteiger partial charge in [-0.3, -0.25) is 0 Å². The Labute approximate surface area is 289 Å². The summed E-state index contributed by atoms with van der Waals surface area (Å²) in [5.74, 6) is -0.332. The largest absolute Gasteiger partial charge is 0.460 e. The van der Waals surface area contributed by atoms with Crippen molar-refractivity contribution in [3.8, 4) is 11.1 Å². The smallest absolute Gasteiger partial charge is 0.407 e. The summed E-state index contributed by atoms with van der Waals surface area (Å²) in [6.45, 7) is 8.01. The van der Waals surface area contributed by atoms with Crippen molar-refractivity contribution in [2.75, 3.05) is 97.7 Å². The molecule has 0 heterocycles. The second kappa shape index (κ2) is 22.6. The lowest BCUT2D eigenvalue weighted by molar-refractivity contribution is -0.0150. The first kappa shape index (κ1) is 37.8. The Hall–Kier alpha value is -4.00. The zero-order chi connectivity index (χ0) is 34.4. The van der Waals surface area contributed by atoms with E-state index in [4.69, 9.17) is 33.2 Å². The van der Waals surface area contributed by atoms with E-state index in [-0.39, 0.29) is 25.1 Å². The minimum absolute atomic E-state index is 0.0341. The van der Waals surface area contributed by atoms with Gasteiger partial charge in [-0.1, -0.05) is 61.9 Å². The number of carbonyl (C=O) groups is 2. The molecule has 11 heteroatoms. The lowest BCUT2D eigenvalue weighted by atomic mass is 9.98. The third kappa shape index (κ3) is 13.4. The summed E-state index contributed by atoms with van der Waals surface area (Å²) >= 11 is 0. The minimum atomic E-state index is -0.457. The van der Waals surface area contributed by atoms with Crippen LogP contribution >= 0.6 is 0 Å². The van der Waals surface area contributed by atoms with Gasteiger partial charge < -0.3 is 43.8 Å². The molecule has 266 valence electrons. The van der Waals surface area contributed by atoms with Crippen LogP contribution in [-0.2, 0) is 33.2 Å². The Balaban J connectivity index is 0.875. The number of anilines is 1. The molecule has 1 aliphatic carbocycles. The van der Waals surface area contributed by atoms with Crippen LogP contribution in [0.15, 0.2) is 72.8 Å². The van der Waals surface area contributed by atoms with E-state index in [1.54, 1.807) is 12.1 Å². The topological polar surface area (TPSA) is 123 Å². The highest BCUT2D eigenvalue weighted by molar-refractivity contribution is 5.89. The number of unbranched alkanes of at least 4 members (excludes halogenated alkanes) is 1. The van der Waals surface area contributed by atoms with Gasteiger partial charge in [0.15, 0.2) is 0 Å². The number of benzene rings is 3. The second-order valence-corrected chi connectivity index (χ2v) is 11.3. The predicted molar refractivity (Wildman–Crippen MR) is 187 cm³/mol. The van der Waals surface area contributed by atoms with Crippen LogP contribution in [0.1, 0.15) is 47.2 Å². The van der Waals surface area contributed by atoms with Crippen molar-refractivity contribution in [3.63, 3.8) is 0 Å². The van der Waals surface area contributed by atoms with Gasteiger partial charge in [0.1, 0.15) is 13.2 Å². The van der Waals surface area contributed by atoms with Crippen LogP contribution in [-0.4, -0.2) is 104 Å². The van der Waals surface area contributed by atoms with Crippen LogP contribution in [0, 0.1) is 0 Å². The highest BCUT2D eigenvalue weighted by atomic mass is 16.6. The molecule has 0 radical (unpaired) electrons. The molecule has 0 bridgehead atoms. The number of hydrogen-bond acceptors (Lipinski definition) is 10. The quantitative estimate of drug-likeness (QED) is 0.0856. The number of alkyl carbamates (subject to hydrolysis) is 1. The summed E-state index contributed by atoms with van der Waals surface area (Å²) < 4.78 is 38.2. The molecule has 0 aromatic heterocycles. The Bertz CT molecular complexity index is 1340. The van der Waals surface area contributed by atoms with Crippen LogP contribution in [0.25, 0.3) is 11.1 Å². The maximum Gasteiger partial charge on any atom is 0.407 e. The molecule has 0 aliphatic heterocycles. The highest BCUT2D eigenvalue weighted by Crippen LogP contribution is 2.44. The van der Waals surface area contributed by atoms with Crippen molar-refractivity contribution in [1.29, 1.82) is 0 Å². The summed E-state index contributed by atoms with van der Waals surface area (Å²) in [6.07, 6.45) is 1.78. The fourth-order valence-electron chi connectivity index (χ4n) is 5.27. The number of nitrogens with one attached hydrogen (secondary N) is 2. The van der Waals surface area contributed by atoms with Gasteiger partial charge in [0.2, 0.25) is 0 Å². The van der Waals surface area contributed by atoms with E-state index in [1.165, 1.54) is 22.3 Å². The molecular formula is C38H50N2O9. The fraction of sp³-hybridized carbons (Fsp3) is 0.474. The third-order valence-corrected chi connectivity index (χ3v) is 7.79. The Morgan fingerprint density at radius 1 is 0.592 bits per heavy atom. The van der Waals surface area contributed by atoms with E-state index in [0.717, 1.165) is 25.1 Å². The molecule has 3 aromatic carbocycles. The van der Waals surface area contributed by atoms with E-state index < -0.39 is 6.09 Å². The summed E-state index contributed by atoms with van der Waals surface area (Å²) in [6, 6.07) is 23.8. The first-order chi connectivity index (χ1) is 24.2. The normalized spacial score (nSPS) is 11.9. The summed E-state index contributed by atoms with van der Waals surface area (Å²) in [4.78, 5) is 24.4. The van der Waals surface area contributed by atoms with Crippen molar-refractivity contribution in [2.24, 2.45) is 0 Å². The monoisotopic (exact) mass is 678 g/mol. The molecule has 1 aliphatic rings. The average Bonchev–Trinajstić information content (AvgIpc) is 3.45. The van der Waals surface area contributed by atoms with Crippen LogP contribution in [0.3, 0.4) is 0 Å². The lowest BCUT2D eigenvalue weighted by Crippen LogP contribution is -2.29. The van der Waals surface area contributed by atoms with Crippen LogP contribution in [0.5, 0.6) is 0 Å². The van der Waals surface area contributed by atoms with E-state index in [0.29, 0.717) is 78.2 Å². The SMILES string of the molecule is CCCCNc1ccc(C(=O)OCCOCCOCCOCCOCCOCCNC(=O)OCC2c3ccccc3-c3ccccc32)cc1. The molecule has 2 N–H and O–H groups in total. The molecule has 3 aromatic rings. The maximum atomic E-state index is 12.2. The highest BCUT2D eigenvalue weighted by Gasteiger charge is 2.28. The maximum absolute atomic E-state index is 12.2. The first-order valence-electron chi connectivity index (χ1n) is 17.2. The van der Waals surface area contributed by atoms with Gasteiger partial charge in [-0.05, 0) is 52.9 Å². The summed E-state index contributed by atoms with van der Waals surface area (Å²) in [7, 11) is 0. The molecule has 0 atom stereocenters. The molecule has 0 saturated carbocycles. The van der Waals surface area contributed by atoms with Gasteiger partial charge in [-0.15, -0.1) is 0 Å². The standard InChI is InChI=1S/C38H50N2O9/c1-2-3-16-39-31-14-12-30(13-15-31)37(41)48-28-27-47-26-25-46-24-23-45-22-21-44-20-19-43-18-17-40-38(42)49-29-36-34-10-6-4-8-32(34)33-9-5-7-11-35(33)36/h4-15,36,39H,2-3,16-29H2,1H3,(H,40,42). The van der Waals surface area contributed by atoms with Gasteiger partial charge in [-0.2, -0.15) is 0 Å². The van der Waals surface area contributed by atoms with Gasteiger partial charge >= 0.3 is 12.1 Å². The first-order valence-corrected chi connectivity index (χ1v) is 17.2. The van der Waals surface area contributed by atoms with E-state index in [1.807, 2.05) is 36.4 Å². The molecule has 4 rings (SSSR count). The molecule has 0 spiro atoms. The number of amides is 1. The number of esters is 1. The molecular weight excluding hydrogens is 628 g/mol. The molecule has 11 nitrogen and oxygen atoms in total. The zero-order valence-corrected chi connectivity index (χ0v) is 28.5. The minimum Gasteiger partial charge on any atom is -0.460 e. The molecule has 0 fully saturated rings. The van der Waals surface area contributed by atoms with Crippen molar-refractivity contribution in [1.82, 2.24) is 5.32 Å². The number of hydrogen-bond donors (Lipinski definition) is 2. The number of fused-ring (bicyclic) bond motifs is 3. The van der Waals surface area contributed by atoms with Crippen LogP contribution < -0.4 is 10.6 Å². The van der Waals surface area contributed by atoms with Crippen molar-refractivity contribution in [2.45, 2.75) is 25.7 Å². The van der Waals surface area contributed by atoms with E-state index >= 15 is 0 Å². The lowest BCUT2D eigenvalue weighted by Gasteiger charge is -2.14. The molecule has 49 heavy (non-hydrogen) atoms. The molecule has 0 unspecified atom stereocenters. The Morgan fingerprint density at radius 3 is 1.65 bits per heavy atom. The van der Waals surface area contributed by atoms with Crippen molar-refractivity contribution >= 4 is 17.7 Å². The summed E-state index contributed by atoms with van der Waals surface area (Å²) in [5.41, 5.74) is 6.27. The van der Waals surface area contributed by atoms with E-state index in [9.17, 15) is 9.59 Å². The predicted octanol–water partition coefficient (Wildman–Crippen LogP) is 5.68. The molecule has 0 saturated heterocycles. The number of rotatable bonds is 25. The van der Waals surface area contributed by atoms with Crippen LogP contribution in [0.2, 0.25) is 0 Å². The molecule has 1 amide bonds. The van der Waals surface area contributed by atoms with Gasteiger partial charge in [0.05, 0.1) is 71.6 Å². The van der Waals surface area contributed by atoms with Gasteiger partial charge in [0.25, 0.3) is 0 Å². The Kier molecular flexibility index (Phi) is 17.4. The van der Waals surface area contributed by atoms with Gasteiger partial charge in [-0.25, -0.2) is 9.59 Å². The van der Waals surface area contributed by atoms with Gasteiger partial charge in [0, 0.05) is 24.7 Å². The number of ether oxygens (including phenoxy) is 7. The number of carbonyl (C=O) groups excluding carboxylic acids is 2. The van der Waals surface area contributed by atoms with Crippen LogP contribution in [0.4, 0.5) is 10.5 Å². The Morgan fingerprint density at radius 2 is 1.10 bits per heavy atom. The average molecular weight is 679 g/mol. The fourth-order valence-corrected chi connectivity index (χ4v) is 5.27. The second-order valence-electron chi connectivity index (χ2n) is 11.3. The van der Waals surface area contributed by atoms with Crippen molar-refractivity contribution in [3.05, 3.63) is 89.5 Å². The van der Waals surface area contributed by atoms with E-state index in [2.05, 4.69) is 41.8 Å². The zero-order valence-electron chi connectivity index (χ0n) is 28.5. The van der Waals surface area contributed by atoms with Crippen molar-refractivity contribution < 1.29 is 42.7 Å².